The maximum Gasteiger partial charge on any atom is 0.255 e. The fourth-order valence-electron chi connectivity index (χ4n) is 3.57. The standard InChI is InChI=1S/C15H21N3O/c16-14-8-7-12(10-17-14)15(19)18-9-3-5-11-4-1-2-6-13(11)18/h7-8,10-11,13H,1-6,9H2,(H2,16,17). The van der Waals surface area contributed by atoms with Crippen LogP contribution in [0.3, 0.4) is 0 Å². The highest BCUT2D eigenvalue weighted by molar-refractivity contribution is 5.94. The SMILES string of the molecule is Nc1ccc(C(=O)N2CCCC3CCCCC32)cn1. The van der Waals surface area contributed by atoms with Crippen molar-refractivity contribution in [2.75, 3.05) is 12.3 Å². The van der Waals surface area contributed by atoms with E-state index < -0.39 is 0 Å². The van der Waals surface area contributed by atoms with Gasteiger partial charge in [-0.1, -0.05) is 12.8 Å². The molecule has 4 nitrogen and oxygen atoms in total. The largest absolute Gasteiger partial charge is 0.384 e. The summed E-state index contributed by atoms with van der Waals surface area (Å²) in [6, 6.07) is 3.94. The maximum absolute atomic E-state index is 12.6. The van der Waals surface area contributed by atoms with Crippen molar-refractivity contribution in [2.24, 2.45) is 5.92 Å². The van der Waals surface area contributed by atoms with Crippen molar-refractivity contribution in [3.05, 3.63) is 23.9 Å². The summed E-state index contributed by atoms with van der Waals surface area (Å²) in [5.41, 5.74) is 6.24. The van der Waals surface area contributed by atoms with Crippen LogP contribution in [0.15, 0.2) is 18.3 Å². The number of amides is 1. The molecule has 2 unspecified atom stereocenters. The van der Waals surface area contributed by atoms with Crippen LogP contribution in [0.25, 0.3) is 0 Å². The van der Waals surface area contributed by atoms with Gasteiger partial charge in [0, 0.05) is 18.8 Å². The van der Waals surface area contributed by atoms with Crippen molar-refractivity contribution < 1.29 is 4.79 Å². The summed E-state index contributed by atoms with van der Waals surface area (Å²) in [5.74, 6) is 1.31. The Balaban J connectivity index is 1.79. The van der Waals surface area contributed by atoms with E-state index in [-0.39, 0.29) is 5.91 Å². The van der Waals surface area contributed by atoms with Crippen molar-refractivity contribution in [3.8, 4) is 0 Å². The first kappa shape index (κ1) is 12.5. The fraction of sp³-hybridized carbons (Fsp3) is 0.600. The Hall–Kier alpha value is -1.58. The predicted octanol–water partition coefficient (Wildman–Crippen LogP) is 2.46. The number of fused-ring (bicyclic) bond motifs is 1. The molecular formula is C15H21N3O. The van der Waals surface area contributed by atoms with Crippen LogP contribution < -0.4 is 5.73 Å². The molecule has 1 aromatic heterocycles. The predicted molar refractivity (Wildman–Crippen MR) is 74.7 cm³/mol. The quantitative estimate of drug-likeness (QED) is 0.842. The number of carbonyl (C=O) groups is 1. The van der Waals surface area contributed by atoms with Gasteiger partial charge in [-0.25, -0.2) is 4.98 Å². The van der Waals surface area contributed by atoms with Gasteiger partial charge in [0.25, 0.3) is 5.91 Å². The molecular weight excluding hydrogens is 238 g/mol. The normalized spacial score (nSPS) is 26.8. The molecule has 2 atom stereocenters. The topological polar surface area (TPSA) is 59.2 Å². The Labute approximate surface area is 114 Å². The van der Waals surface area contributed by atoms with Gasteiger partial charge in [0.2, 0.25) is 0 Å². The van der Waals surface area contributed by atoms with Gasteiger partial charge in [0.05, 0.1) is 5.56 Å². The molecule has 0 aromatic carbocycles. The lowest BCUT2D eigenvalue weighted by Crippen LogP contribution is -2.49. The van der Waals surface area contributed by atoms with Crippen LogP contribution >= 0.6 is 0 Å². The van der Waals surface area contributed by atoms with Crippen LogP contribution in [0.1, 0.15) is 48.9 Å². The summed E-state index contributed by atoms with van der Waals surface area (Å²) in [4.78, 5) is 18.7. The number of nitrogens with two attached hydrogens (primary N) is 1. The van der Waals surface area contributed by atoms with Crippen molar-refractivity contribution >= 4 is 11.7 Å². The molecule has 1 saturated carbocycles. The number of carbonyl (C=O) groups excluding carboxylic acids is 1. The molecule has 1 aliphatic carbocycles. The summed E-state index contributed by atoms with van der Waals surface area (Å²) in [6.07, 6.45) is 9.05. The van der Waals surface area contributed by atoms with E-state index in [0.717, 1.165) is 13.0 Å². The molecule has 102 valence electrons. The third-order valence-electron chi connectivity index (χ3n) is 4.54. The van der Waals surface area contributed by atoms with Gasteiger partial charge in [0.15, 0.2) is 0 Å². The molecule has 4 heteroatoms. The second kappa shape index (κ2) is 5.19. The lowest BCUT2D eigenvalue weighted by atomic mass is 9.78. The van der Waals surface area contributed by atoms with E-state index in [2.05, 4.69) is 9.88 Å². The Morgan fingerprint density at radius 1 is 1.21 bits per heavy atom. The number of anilines is 1. The molecule has 19 heavy (non-hydrogen) atoms. The first-order valence-electron chi connectivity index (χ1n) is 7.28. The number of hydrogen-bond acceptors (Lipinski definition) is 3. The Bertz CT molecular complexity index is 455. The van der Waals surface area contributed by atoms with Crippen molar-refractivity contribution in [3.63, 3.8) is 0 Å². The number of pyridine rings is 1. The number of nitrogens with zero attached hydrogens (tertiary/aromatic N) is 2. The van der Waals surface area contributed by atoms with E-state index in [0.29, 0.717) is 23.3 Å². The third-order valence-corrected chi connectivity index (χ3v) is 4.54. The number of nitrogen functional groups attached to an aromatic ring is 1. The average Bonchev–Trinajstić information content (AvgIpc) is 2.47. The number of rotatable bonds is 1. The number of likely N-dealkylation sites (tertiary alicyclic amines) is 1. The van der Waals surface area contributed by atoms with Crippen LogP contribution in [0.2, 0.25) is 0 Å². The van der Waals surface area contributed by atoms with Crippen LogP contribution in [0, 0.1) is 5.92 Å². The van der Waals surface area contributed by atoms with Gasteiger partial charge in [0.1, 0.15) is 5.82 Å². The minimum absolute atomic E-state index is 0.129. The highest BCUT2D eigenvalue weighted by atomic mass is 16.2. The molecule has 0 spiro atoms. The van der Waals surface area contributed by atoms with Crippen molar-refractivity contribution in [2.45, 2.75) is 44.6 Å². The van der Waals surface area contributed by atoms with Crippen LogP contribution in [0.4, 0.5) is 5.82 Å². The summed E-state index contributed by atoms with van der Waals surface area (Å²) in [6.45, 7) is 0.893. The summed E-state index contributed by atoms with van der Waals surface area (Å²) in [5, 5.41) is 0. The minimum Gasteiger partial charge on any atom is -0.384 e. The minimum atomic E-state index is 0.129. The summed E-state index contributed by atoms with van der Waals surface area (Å²) < 4.78 is 0. The van der Waals surface area contributed by atoms with Crippen molar-refractivity contribution in [1.82, 2.24) is 9.88 Å². The van der Waals surface area contributed by atoms with Gasteiger partial charge in [-0.15, -0.1) is 0 Å². The number of hydrogen-bond donors (Lipinski definition) is 1. The maximum atomic E-state index is 12.6. The molecule has 2 heterocycles. The third kappa shape index (κ3) is 2.44. The molecule has 1 saturated heterocycles. The van der Waals surface area contributed by atoms with Gasteiger partial charge < -0.3 is 10.6 Å². The van der Waals surface area contributed by atoms with Gasteiger partial charge in [-0.2, -0.15) is 0 Å². The van der Waals surface area contributed by atoms with Gasteiger partial charge >= 0.3 is 0 Å². The molecule has 2 N–H and O–H groups in total. The van der Waals surface area contributed by atoms with E-state index in [1.165, 1.54) is 32.1 Å². The summed E-state index contributed by atoms with van der Waals surface area (Å²) in [7, 11) is 0. The lowest BCUT2D eigenvalue weighted by molar-refractivity contribution is 0.0390. The molecule has 1 aromatic rings. The monoisotopic (exact) mass is 259 g/mol. The average molecular weight is 259 g/mol. The molecule has 0 bridgehead atoms. The van der Waals surface area contributed by atoms with Crippen LogP contribution in [0.5, 0.6) is 0 Å². The van der Waals surface area contributed by atoms with E-state index in [4.69, 9.17) is 5.73 Å². The fourth-order valence-corrected chi connectivity index (χ4v) is 3.57. The number of piperidine rings is 1. The zero-order valence-corrected chi connectivity index (χ0v) is 11.2. The highest BCUT2D eigenvalue weighted by Gasteiger charge is 2.35. The van der Waals surface area contributed by atoms with Gasteiger partial charge in [-0.3, -0.25) is 4.79 Å². The van der Waals surface area contributed by atoms with Crippen LogP contribution in [-0.4, -0.2) is 28.4 Å². The van der Waals surface area contributed by atoms with E-state index >= 15 is 0 Å². The van der Waals surface area contributed by atoms with Crippen molar-refractivity contribution in [1.29, 1.82) is 0 Å². The highest BCUT2D eigenvalue weighted by Crippen LogP contribution is 2.35. The molecule has 2 fully saturated rings. The summed E-state index contributed by atoms with van der Waals surface area (Å²) >= 11 is 0. The van der Waals surface area contributed by atoms with Gasteiger partial charge in [-0.05, 0) is 43.7 Å². The lowest BCUT2D eigenvalue weighted by Gasteiger charge is -2.44. The molecule has 0 radical (unpaired) electrons. The first-order chi connectivity index (χ1) is 9.25. The second-order valence-electron chi connectivity index (χ2n) is 5.72. The number of aromatic nitrogens is 1. The molecule has 1 amide bonds. The molecule has 1 aliphatic heterocycles. The smallest absolute Gasteiger partial charge is 0.255 e. The Morgan fingerprint density at radius 3 is 2.79 bits per heavy atom. The Kier molecular flexibility index (Phi) is 3.40. The van der Waals surface area contributed by atoms with E-state index in [1.54, 1.807) is 18.3 Å². The Morgan fingerprint density at radius 2 is 2.00 bits per heavy atom. The molecule has 2 aliphatic rings. The van der Waals surface area contributed by atoms with Crippen LogP contribution in [-0.2, 0) is 0 Å². The first-order valence-corrected chi connectivity index (χ1v) is 7.28. The zero-order chi connectivity index (χ0) is 13.2. The zero-order valence-electron chi connectivity index (χ0n) is 11.2. The molecule has 3 rings (SSSR count). The van der Waals surface area contributed by atoms with E-state index in [1.807, 2.05) is 0 Å². The van der Waals surface area contributed by atoms with E-state index in [9.17, 15) is 4.79 Å². The second-order valence-corrected chi connectivity index (χ2v) is 5.72.